The normalized spacial score (nSPS) is 20.3. The summed E-state index contributed by atoms with van der Waals surface area (Å²) < 4.78 is 14.0. The molecule has 6 heteroatoms. The number of rotatable bonds is 5. The first-order valence-electron chi connectivity index (χ1n) is 8.70. The lowest BCUT2D eigenvalue weighted by Crippen LogP contribution is -2.43. The molecule has 1 aliphatic rings. The first kappa shape index (κ1) is 18.7. The van der Waals surface area contributed by atoms with Crippen molar-refractivity contribution >= 4 is 17.7 Å². The summed E-state index contributed by atoms with van der Waals surface area (Å²) in [4.78, 5) is 15.4. The van der Waals surface area contributed by atoms with Gasteiger partial charge in [-0.25, -0.2) is 9.18 Å². The van der Waals surface area contributed by atoms with Crippen LogP contribution in [0, 0.1) is 5.82 Å². The van der Waals surface area contributed by atoms with Gasteiger partial charge in [0.1, 0.15) is 5.82 Å². The van der Waals surface area contributed by atoms with Crippen molar-refractivity contribution < 1.29 is 14.3 Å². The third-order valence-corrected chi connectivity index (χ3v) is 5.28. The molecule has 0 aliphatic carbocycles. The van der Waals surface area contributed by atoms with E-state index < -0.39 is 11.9 Å². The summed E-state index contributed by atoms with van der Waals surface area (Å²) in [6, 6.07) is 14.6. The second-order valence-electron chi connectivity index (χ2n) is 6.60. The Balaban J connectivity index is 1.87. The first-order chi connectivity index (χ1) is 12.5. The Hall–Kier alpha value is -2.11. The molecule has 0 saturated carbocycles. The van der Waals surface area contributed by atoms with E-state index in [9.17, 15) is 14.3 Å². The maximum absolute atomic E-state index is 14.0. The van der Waals surface area contributed by atoms with Crippen LogP contribution in [0.3, 0.4) is 0 Å². The van der Waals surface area contributed by atoms with Crippen molar-refractivity contribution in [1.82, 2.24) is 9.80 Å². The fourth-order valence-corrected chi connectivity index (χ4v) is 3.85. The van der Waals surface area contributed by atoms with Gasteiger partial charge in [-0.15, -0.1) is 0 Å². The molecular formula is C20H22ClFN2O2. The molecule has 0 unspecified atom stereocenters. The van der Waals surface area contributed by atoms with E-state index in [4.69, 9.17) is 11.6 Å². The van der Waals surface area contributed by atoms with E-state index in [0.717, 1.165) is 12.1 Å². The topological polar surface area (TPSA) is 43.8 Å². The van der Waals surface area contributed by atoms with Gasteiger partial charge in [0.05, 0.1) is 11.1 Å². The van der Waals surface area contributed by atoms with Gasteiger partial charge in [-0.3, -0.25) is 4.90 Å². The molecule has 2 aromatic rings. The Morgan fingerprint density at radius 2 is 2.00 bits per heavy atom. The SMILES string of the molecule is CCN(C(=O)O)[C@@H]1CN(Cc2ccccc2)C[C@H]1c1ccc(Cl)c(F)c1. The molecule has 138 valence electrons. The van der Waals surface area contributed by atoms with E-state index in [1.54, 1.807) is 12.1 Å². The van der Waals surface area contributed by atoms with Crippen LogP contribution in [0.2, 0.25) is 5.02 Å². The molecule has 1 fully saturated rings. The predicted molar refractivity (Wildman–Crippen MR) is 100 cm³/mol. The van der Waals surface area contributed by atoms with Gasteiger partial charge in [-0.2, -0.15) is 0 Å². The van der Waals surface area contributed by atoms with Crippen LogP contribution in [0.25, 0.3) is 0 Å². The second kappa shape index (κ2) is 8.06. The highest BCUT2D eigenvalue weighted by atomic mass is 35.5. The quantitative estimate of drug-likeness (QED) is 0.838. The lowest BCUT2D eigenvalue weighted by molar-refractivity contribution is 0.124. The van der Waals surface area contributed by atoms with Crippen LogP contribution in [-0.2, 0) is 6.54 Å². The number of amides is 1. The van der Waals surface area contributed by atoms with Crippen molar-refractivity contribution in [1.29, 1.82) is 0 Å². The largest absolute Gasteiger partial charge is 0.465 e. The van der Waals surface area contributed by atoms with Crippen molar-refractivity contribution in [2.75, 3.05) is 19.6 Å². The van der Waals surface area contributed by atoms with E-state index in [1.807, 2.05) is 25.1 Å². The fourth-order valence-electron chi connectivity index (χ4n) is 3.73. The van der Waals surface area contributed by atoms with Crippen LogP contribution in [0.5, 0.6) is 0 Å². The summed E-state index contributed by atoms with van der Waals surface area (Å²) in [5.74, 6) is -0.565. The Labute approximate surface area is 157 Å². The summed E-state index contributed by atoms with van der Waals surface area (Å²) in [5, 5.41) is 9.66. The smallest absolute Gasteiger partial charge is 0.407 e. The molecule has 1 aliphatic heterocycles. The van der Waals surface area contributed by atoms with E-state index in [1.165, 1.54) is 16.5 Å². The van der Waals surface area contributed by atoms with Gasteiger partial charge in [0.2, 0.25) is 0 Å². The van der Waals surface area contributed by atoms with E-state index >= 15 is 0 Å². The maximum Gasteiger partial charge on any atom is 0.407 e. The summed E-state index contributed by atoms with van der Waals surface area (Å²) in [5.41, 5.74) is 1.96. The van der Waals surface area contributed by atoms with E-state index in [2.05, 4.69) is 17.0 Å². The van der Waals surface area contributed by atoms with Gasteiger partial charge in [0.25, 0.3) is 0 Å². The van der Waals surface area contributed by atoms with Crippen molar-refractivity contribution in [2.45, 2.75) is 25.4 Å². The molecule has 2 aromatic carbocycles. The number of carbonyl (C=O) groups is 1. The molecule has 3 rings (SSSR count). The minimum Gasteiger partial charge on any atom is -0.465 e. The standard InChI is InChI=1S/C20H22ClFN2O2/c1-2-24(20(25)26)19-13-23(11-14-6-4-3-5-7-14)12-16(19)15-8-9-17(21)18(22)10-15/h3-10,16,19H,2,11-13H2,1H3,(H,25,26)/t16-,19+/m0/s1. The molecule has 4 nitrogen and oxygen atoms in total. The zero-order chi connectivity index (χ0) is 18.7. The molecule has 0 aromatic heterocycles. The number of benzene rings is 2. The van der Waals surface area contributed by atoms with Crippen molar-refractivity contribution in [3.05, 3.63) is 70.5 Å². The Morgan fingerprint density at radius 1 is 1.27 bits per heavy atom. The first-order valence-corrected chi connectivity index (χ1v) is 9.08. The zero-order valence-corrected chi connectivity index (χ0v) is 15.4. The highest BCUT2D eigenvalue weighted by Crippen LogP contribution is 2.33. The third kappa shape index (κ3) is 4.00. The minimum absolute atomic E-state index is 0.0787. The predicted octanol–water partition coefficient (Wildman–Crippen LogP) is 4.45. The average molecular weight is 377 g/mol. The van der Waals surface area contributed by atoms with Crippen LogP contribution in [0.4, 0.5) is 9.18 Å². The number of nitrogens with zero attached hydrogens (tertiary/aromatic N) is 2. The summed E-state index contributed by atoms with van der Waals surface area (Å²) in [7, 11) is 0. The minimum atomic E-state index is -0.946. The molecule has 2 atom stereocenters. The molecule has 1 heterocycles. The van der Waals surface area contributed by atoms with Crippen LogP contribution >= 0.6 is 11.6 Å². The van der Waals surface area contributed by atoms with Crippen molar-refractivity contribution in [3.63, 3.8) is 0 Å². The summed E-state index contributed by atoms with van der Waals surface area (Å²) in [6.45, 7) is 4.24. The zero-order valence-electron chi connectivity index (χ0n) is 14.6. The molecule has 0 radical (unpaired) electrons. The number of halogens is 2. The van der Waals surface area contributed by atoms with Gasteiger partial charge in [0.15, 0.2) is 0 Å². The molecule has 26 heavy (non-hydrogen) atoms. The third-order valence-electron chi connectivity index (χ3n) is 4.97. The fraction of sp³-hybridized carbons (Fsp3) is 0.350. The van der Waals surface area contributed by atoms with Gasteiger partial charge in [-0.05, 0) is 30.2 Å². The molecular weight excluding hydrogens is 355 g/mol. The lowest BCUT2D eigenvalue weighted by Gasteiger charge is -2.29. The number of hydrogen-bond acceptors (Lipinski definition) is 2. The van der Waals surface area contributed by atoms with Gasteiger partial charge in [0, 0.05) is 32.1 Å². The molecule has 1 N–H and O–H groups in total. The monoisotopic (exact) mass is 376 g/mol. The summed E-state index contributed by atoms with van der Waals surface area (Å²) in [6.07, 6.45) is -0.946. The van der Waals surface area contributed by atoms with Gasteiger partial charge < -0.3 is 10.0 Å². The van der Waals surface area contributed by atoms with Crippen molar-refractivity contribution in [3.8, 4) is 0 Å². The van der Waals surface area contributed by atoms with Gasteiger partial charge in [-0.1, -0.05) is 48.0 Å². The van der Waals surface area contributed by atoms with Crippen LogP contribution in [0.1, 0.15) is 24.0 Å². The number of hydrogen-bond donors (Lipinski definition) is 1. The molecule has 1 saturated heterocycles. The Bertz CT molecular complexity index is 772. The van der Waals surface area contributed by atoms with Crippen LogP contribution < -0.4 is 0 Å². The maximum atomic E-state index is 14.0. The van der Waals surface area contributed by atoms with Crippen LogP contribution in [0.15, 0.2) is 48.5 Å². The van der Waals surface area contributed by atoms with Crippen molar-refractivity contribution in [2.24, 2.45) is 0 Å². The highest BCUT2D eigenvalue weighted by Gasteiger charge is 2.39. The van der Waals surface area contributed by atoms with Gasteiger partial charge >= 0.3 is 6.09 Å². The highest BCUT2D eigenvalue weighted by molar-refractivity contribution is 6.30. The summed E-state index contributed by atoms with van der Waals surface area (Å²) >= 11 is 5.81. The number of likely N-dealkylation sites (tertiary alicyclic amines) is 1. The van der Waals surface area contributed by atoms with E-state index in [-0.39, 0.29) is 17.0 Å². The molecule has 0 bridgehead atoms. The average Bonchev–Trinajstić information content (AvgIpc) is 3.02. The Kier molecular flexibility index (Phi) is 5.79. The van der Waals surface area contributed by atoms with E-state index in [0.29, 0.717) is 19.6 Å². The second-order valence-corrected chi connectivity index (χ2v) is 7.00. The lowest BCUT2D eigenvalue weighted by atomic mass is 9.93. The molecule has 1 amide bonds. The Morgan fingerprint density at radius 3 is 2.62 bits per heavy atom. The molecule has 0 spiro atoms. The van der Waals surface area contributed by atoms with Crippen LogP contribution in [-0.4, -0.2) is 46.7 Å². The number of carboxylic acid groups (broad SMARTS) is 1. The number of likely N-dealkylation sites (N-methyl/N-ethyl adjacent to an activating group) is 1.